The molecule has 6 aromatic carbocycles. The summed E-state index contributed by atoms with van der Waals surface area (Å²) in [5.74, 6) is 0. The standard InChI is InChI=1S/2C29H37.2CH3.2ClH.Si.Zr/c2*1-28(2,3)27-16-9-8-14-25(27)24-15-12-13-23-19-22(20-26(23)24)21-29(4)17-10-6-5-7-11-18-29;;;;;;/h2*8-9,12-16,19-20H,5-7,10-11,17-18,21H2,1-4H3;2*1H3;2*1H;;/q4*-1;;;;. The number of hydrogen-bond acceptors (Lipinski definition) is 0. The second-order valence-electron chi connectivity index (χ2n) is 21.4. The fraction of sp³-hybridized carbons (Fsp3) is 0.467. The molecular weight excluding hydrogens is 911 g/mol. The van der Waals surface area contributed by atoms with Gasteiger partial charge in [0.25, 0.3) is 0 Å². The third kappa shape index (κ3) is 14.9. The van der Waals surface area contributed by atoms with Gasteiger partial charge in [-0.25, -0.2) is 0 Å². The van der Waals surface area contributed by atoms with Crippen LogP contribution in [0.15, 0.2) is 109 Å². The van der Waals surface area contributed by atoms with E-state index in [4.69, 9.17) is 0 Å². The third-order valence-corrected chi connectivity index (χ3v) is 14.1. The quantitative estimate of drug-likeness (QED) is 0.115. The molecule has 0 saturated heterocycles. The van der Waals surface area contributed by atoms with E-state index >= 15 is 0 Å². The zero-order chi connectivity index (χ0) is 43.0. The van der Waals surface area contributed by atoms with Gasteiger partial charge in [0, 0.05) is 0 Å². The molecule has 2 aliphatic carbocycles. The van der Waals surface area contributed by atoms with Gasteiger partial charge in [-0.15, -0.1) is 93.9 Å². The van der Waals surface area contributed by atoms with Crippen LogP contribution in [0.2, 0.25) is 0 Å². The summed E-state index contributed by atoms with van der Waals surface area (Å²) in [6.07, 6.45) is 22.2. The van der Waals surface area contributed by atoms with E-state index in [9.17, 15) is 0 Å². The fourth-order valence-electron chi connectivity index (χ4n) is 10.9. The van der Waals surface area contributed by atoms with Crippen LogP contribution in [-0.4, -0.2) is 6.88 Å². The molecule has 0 aliphatic heterocycles. The molecule has 2 aliphatic rings. The van der Waals surface area contributed by atoms with Gasteiger partial charge in [0.15, 0.2) is 0 Å². The first kappa shape index (κ1) is 57.9. The van der Waals surface area contributed by atoms with Crippen molar-refractivity contribution >= 4 is 53.2 Å². The van der Waals surface area contributed by atoms with Gasteiger partial charge in [-0.1, -0.05) is 191 Å². The number of fused-ring (bicyclic) bond motifs is 2. The van der Waals surface area contributed by atoms with E-state index in [0.29, 0.717) is 10.8 Å². The van der Waals surface area contributed by atoms with Gasteiger partial charge in [-0.2, -0.15) is 12.1 Å². The fourth-order valence-corrected chi connectivity index (χ4v) is 10.9. The van der Waals surface area contributed by atoms with Crippen molar-refractivity contribution in [2.75, 3.05) is 0 Å². The van der Waals surface area contributed by atoms with Crippen molar-refractivity contribution in [3.63, 3.8) is 0 Å². The first-order valence-corrected chi connectivity index (χ1v) is 27.7. The van der Waals surface area contributed by atoms with E-state index in [-0.39, 0.29) is 50.5 Å². The Morgan fingerprint density at radius 2 is 0.750 bits per heavy atom. The molecule has 0 bridgehead atoms. The Labute approximate surface area is 421 Å². The Balaban J connectivity index is 0.000000400. The van der Waals surface area contributed by atoms with Gasteiger partial charge in [0.2, 0.25) is 0 Å². The molecule has 2 fully saturated rings. The van der Waals surface area contributed by atoms with Crippen molar-refractivity contribution in [1.82, 2.24) is 0 Å². The van der Waals surface area contributed by atoms with Crippen LogP contribution in [-0.2, 0) is 47.0 Å². The number of hydrogen-bond donors (Lipinski definition) is 0. The second kappa shape index (κ2) is 25.8. The summed E-state index contributed by atoms with van der Waals surface area (Å²) in [4.78, 5) is 0. The molecule has 8 rings (SSSR count). The average molecular weight is 994 g/mol. The first-order chi connectivity index (χ1) is 28.7. The van der Waals surface area contributed by atoms with Crippen LogP contribution in [0.1, 0.15) is 168 Å². The summed E-state index contributed by atoms with van der Waals surface area (Å²) in [5, 5.41) is 5.65. The predicted molar refractivity (Wildman–Crippen MR) is 289 cm³/mol. The molecule has 0 amide bonds. The van der Waals surface area contributed by atoms with E-state index in [1.807, 2.05) is 0 Å². The Hall–Kier alpha value is -2.22. The van der Waals surface area contributed by atoms with Gasteiger partial charge in [-0.05, 0) is 82.4 Å². The van der Waals surface area contributed by atoms with Crippen LogP contribution in [0.5, 0.6) is 0 Å². The van der Waals surface area contributed by atoms with Gasteiger partial charge in [0.05, 0.1) is 0 Å². The van der Waals surface area contributed by atoms with E-state index in [1.54, 1.807) is 0 Å². The Morgan fingerprint density at radius 1 is 0.453 bits per heavy atom. The molecule has 0 atom stereocenters. The summed E-state index contributed by atoms with van der Waals surface area (Å²) in [5.41, 5.74) is 12.7. The van der Waals surface area contributed by atoms with Crippen LogP contribution >= 0.6 is 24.8 Å². The molecule has 348 valence electrons. The van der Waals surface area contributed by atoms with Crippen LogP contribution in [0.4, 0.5) is 0 Å². The number of halogens is 2. The van der Waals surface area contributed by atoms with Crippen molar-refractivity contribution in [1.29, 1.82) is 0 Å². The molecular formula is C60H82Cl2SiZr-4. The van der Waals surface area contributed by atoms with Gasteiger partial charge < -0.3 is 14.9 Å². The van der Waals surface area contributed by atoms with Crippen molar-refractivity contribution < 1.29 is 23.3 Å². The molecule has 4 heteroatoms. The minimum atomic E-state index is 0. The maximum atomic E-state index is 3.06. The normalized spacial score (nSPS) is 16.2. The maximum absolute atomic E-state index is 3.06. The summed E-state index contributed by atoms with van der Waals surface area (Å²) in [7, 11) is 0. The van der Waals surface area contributed by atoms with Gasteiger partial charge in [0.1, 0.15) is 0 Å². The molecule has 6 aromatic rings. The Bertz CT molecular complexity index is 2120. The summed E-state index contributed by atoms with van der Waals surface area (Å²) in [6.45, 7) is 22.0. The molecule has 0 heterocycles. The van der Waals surface area contributed by atoms with Gasteiger partial charge in [-0.3, -0.25) is 0 Å². The summed E-state index contributed by atoms with van der Waals surface area (Å²) in [6, 6.07) is 41.5. The summed E-state index contributed by atoms with van der Waals surface area (Å²) >= 11 is 1.36. The van der Waals surface area contributed by atoms with Crippen molar-refractivity contribution in [2.24, 2.45) is 10.8 Å². The molecule has 64 heavy (non-hydrogen) atoms. The van der Waals surface area contributed by atoms with E-state index in [0.717, 1.165) is 0 Å². The monoisotopic (exact) mass is 990 g/mol. The van der Waals surface area contributed by atoms with Gasteiger partial charge >= 0.3 is 30.2 Å². The van der Waals surface area contributed by atoms with E-state index in [1.165, 1.54) is 192 Å². The van der Waals surface area contributed by atoms with Crippen molar-refractivity contribution in [3.8, 4) is 22.3 Å². The van der Waals surface area contributed by atoms with Crippen LogP contribution in [0.3, 0.4) is 0 Å². The topological polar surface area (TPSA) is 0 Å². The van der Waals surface area contributed by atoms with Crippen molar-refractivity contribution in [3.05, 3.63) is 146 Å². The third-order valence-electron chi connectivity index (χ3n) is 14.1. The van der Waals surface area contributed by atoms with Crippen LogP contribution < -0.4 is 0 Å². The zero-order valence-corrected chi connectivity index (χ0v) is 46.6. The van der Waals surface area contributed by atoms with Crippen LogP contribution in [0, 0.1) is 25.7 Å². The Kier molecular flexibility index (Phi) is 23.3. The molecule has 0 nitrogen and oxygen atoms in total. The molecule has 0 unspecified atom stereocenters. The number of rotatable bonds is 6. The second-order valence-corrected chi connectivity index (χ2v) is 21.4. The molecule has 2 saturated carbocycles. The van der Waals surface area contributed by atoms with E-state index in [2.05, 4.69) is 171 Å². The predicted octanol–water partition coefficient (Wildman–Crippen LogP) is 19.0. The Morgan fingerprint density at radius 3 is 1.08 bits per heavy atom. The zero-order valence-electron chi connectivity index (χ0n) is 41.5. The molecule has 0 N–H and O–H groups in total. The first-order valence-electron chi connectivity index (χ1n) is 23.5. The molecule has 2 radical (unpaired) electrons. The average Bonchev–Trinajstić information content (AvgIpc) is 3.81. The number of benzene rings is 4. The summed E-state index contributed by atoms with van der Waals surface area (Å²) < 4.78 is 0. The van der Waals surface area contributed by atoms with Crippen LogP contribution in [0.25, 0.3) is 43.8 Å². The minimum absolute atomic E-state index is 0. The molecule has 0 spiro atoms. The molecule has 0 aromatic heterocycles. The SMILES string of the molecule is CC1(Cc2cc3c(-c4ccccc4C(C)(C)C)cccc3[cH-]2)CCCCCCC1.CC1(Cc2cc3c(-c4ccccc4C(C)(C)C)cccc3[cH-]2)CCCCCCC1.Cl.Cl.[CH3-].[CH3-].[Si]=[Zr]. The van der Waals surface area contributed by atoms with E-state index < -0.39 is 0 Å². The van der Waals surface area contributed by atoms with Crippen molar-refractivity contribution in [2.45, 2.75) is 169 Å².